The standard InChI is InChI=1S/C10H16N2O3S/c1-12(2)16(13,14)10-5-3-9(4-6-10)7-8-15-11/h3-6H,7-8,11H2,1-2H3. The van der Waals surface area contributed by atoms with Crippen molar-refractivity contribution in [2.24, 2.45) is 5.90 Å². The molecule has 5 nitrogen and oxygen atoms in total. The summed E-state index contributed by atoms with van der Waals surface area (Å²) in [6.45, 7) is 0.416. The van der Waals surface area contributed by atoms with Crippen molar-refractivity contribution < 1.29 is 13.3 Å². The van der Waals surface area contributed by atoms with Crippen LogP contribution in [0.25, 0.3) is 0 Å². The fourth-order valence-electron chi connectivity index (χ4n) is 1.22. The second-order valence-electron chi connectivity index (χ2n) is 3.55. The molecule has 16 heavy (non-hydrogen) atoms. The molecule has 0 radical (unpaired) electrons. The quantitative estimate of drug-likeness (QED) is 0.759. The summed E-state index contributed by atoms with van der Waals surface area (Å²) < 4.78 is 24.7. The lowest BCUT2D eigenvalue weighted by atomic mass is 10.2. The lowest BCUT2D eigenvalue weighted by molar-refractivity contribution is 0.141. The van der Waals surface area contributed by atoms with E-state index in [1.54, 1.807) is 24.3 Å². The zero-order valence-corrected chi connectivity index (χ0v) is 10.2. The summed E-state index contributed by atoms with van der Waals surface area (Å²) in [5, 5.41) is 0. The Bertz CT molecular complexity index is 426. The van der Waals surface area contributed by atoms with E-state index in [4.69, 9.17) is 5.90 Å². The van der Waals surface area contributed by atoms with Crippen LogP contribution in [0.5, 0.6) is 0 Å². The molecule has 1 aromatic carbocycles. The van der Waals surface area contributed by atoms with E-state index in [1.807, 2.05) is 0 Å². The molecule has 0 spiro atoms. The number of hydrogen-bond donors (Lipinski definition) is 1. The average molecular weight is 244 g/mol. The van der Waals surface area contributed by atoms with E-state index >= 15 is 0 Å². The van der Waals surface area contributed by atoms with Crippen LogP contribution in [0, 0.1) is 0 Å². The Hall–Kier alpha value is -0.950. The zero-order chi connectivity index (χ0) is 12.2. The number of nitrogens with two attached hydrogens (primary N) is 1. The smallest absolute Gasteiger partial charge is 0.242 e. The highest BCUT2D eigenvalue weighted by Crippen LogP contribution is 2.14. The minimum atomic E-state index is -3.34. The first-order valence-corrected chi connectivity index (χ1v) is 6.25. The van der Waals surface area contributed by atoms with Crippen LogP contribution in [0.2, 0.25) is 0 Å². The van der Waals surface area contributed by atoms with Crippen LogP contribution >= 0.6 is 0 Å². The summed E-state index contributed by atoms with van der Waals surface area (Å²) in [7, 11) is -0.326. The van der Waals surface area contributed by atoms with Gasteiger partial charge in [0, 0.05) is 14.1 Å². The summed E-state index contributed by atoms with van der Waals surface area (Å²) in [5.74, 6) is 4.91. The van der Waals surface area contributed by atoms with Crippen molar-refractivity contribution in [1.29, 1.82) is 0 Å². The highest BCUT2D eigenvalue weighted by atomic mass is 32.2. The highest BCUT2D eigenvalue weighted by molar-refractivity contribution is 7.89. The summed E-state index contributed by atoms with van der Waals surface area (Å²) in [6.07, 6.45) is 0.665. The molecule has 0 heterocycles. The third kappa shape index (κ3) is 3.02. The van der Waals surface area contributed by atoms with Gasteiger partial charge < -0.3 is 4.84 Å². The lowest BCUT2D eigenvalue weighted by Gasteiger charge is -2.11. The van der Waals surface area contributed by atoms with Gasteiger partial charge in [-0.15, -0.1) is 0 Å². The maximum absolute atomic E-state index is 11.7. The van der Waals surface area contributed by atoms with Gasteiger partial charge in [-0.2, -0.15) is 0 Å². The second-order valence-corrected chi connectivity index (χ2v) is 5.70. The molecule has 0 aromatic heterocycles. The fraction of sp³-hybridized carbons (Fsp3) is 0.400. The molecule has 0 atom stereocenters. The van der Waals surface area contributed by atoms with Crippen LogP contribution in [0.4, 0.5) is 0 Å². The zero-order valence-electron chi connectivity index (χ0n) is 9.38. The Labute approximate surface area is 95.8 Å². The van der Waals surface area contributed by atoms with E-state index in [9.17, 15) is 8.42 Å². The highest BCUT2D eigenvalue weighted by Gasteiger charge is 2.16. The maximum Gasteiger partial charge on any atom is 0.242 e. The summed E-state index contributed by atoms with van der Waals surface area (Å²) in [4.78, 5) is 4.74. The average Bonchev–Trinajstić information content (AvgIpc) is 2.26. The molecule has 0 saturated heterocycles. The minimum Gasteiger partial charge on any atom is -0.304 e. The minimum absolute atomic E-state index is 0.287. The first-order valence-electron chi connectivity index (χ1n) is 4.81. The SMILES string of the molecule is CN(C)S(=O)(=O)c1ccc(CCON)cc1. The molecule has 0 aliphatic heterocycles. The molecule has 1 aromatic rings. The van der Waals surface area contributed by atoms with Gasteiger partial charge in [0.1, 0.15) is 0 Å². The first kappa shape index (κ1) is 13.1. The van der Waals surface area contributed by atoms with Crippen molar-refractivity contribution in [2.45, 2.75) is 11.3 Å². The Morgan fingerprint density at radius 3 is 2.25 bits per heavy atom. The molecule has 0 aliphatic carbocycles. The lowest BCUT2D eigenvalue weighted by Crippen LogP contribution is -2.22. The monoisotopic (exact) mass is 244 g/mol. The van der Waals surface area contributed by atoms with Crippen molar-refractivity contribution in [2.75, 3.05) is 20.7 Å². The van der Waals surface area contributed by atoms with Crippen LogP contribution < -0.4 is 5.90 Å². The van der Waals surface area contributed by atoms with Gasteiger partial charge in [-0.05, 0) is 24.1 Å². The number of sulfonamides is 1. The second kappa shape index (κ2) is 5.40. The molecule has 0 fully saturated rings. The van der Waals surface area contributed by atoms with Crippen LogP contribution in [0.1, 0.15) is 5.56 Å². The van der Waals surface area contributed by atoms with Crippen molar-refractivity contribution >= 4 is 10.0 Å². The van der Waals surface area contributed by atoms with E-state index in [1.165, 1.54) is 18.4 Å². The molecule has 2 N–H and O–H groups in total. The van der Waals surface area contributed by atoms with E-state index < -0.39 is 10.0 Å². The van der Waals surface area contributed by atoms with E-state index in [2.05, 4.69) is 4.84 Å². The Balaban J connectivity index is 2.87. The van der Waals surface area contributed by atoms with E-state index in [-0.39, 0.29) is 4.90 Å². The molecule has 6 heteroatoms. The Morgan fingerprint density at radius 2 is 1.81 bits per heavy atom. The predicted molar refractivity (Wildman–Crippen MR) is 61.2 cm³/mol. The number of rotatable bonds is 5. The maximum atomic E-state index is 11.7. The number of nitrogens with zero attached hydrogens (tertiary/aromatic N) is 1. The van der Waals surface area contributed by atoms with Gasteiger partial charge >= 0.3 is 0 Å². The molecule has 1 rings (SSSR count). The number of benzene rings is 1. The van der Waals surface area contributed by atoms with Gasteiger partial charge in [-0.25, -0.2) is 18.6 Å². The van der Waals surface area contributed by atoms with Crippen LogP contribution in [-0.2, 0) is 21.3 Å². The van der Waals surface area contributed by atoms with Crippen molar-refractivity contribution in [3.05, 3.63) is 29.8 Å². The summed E-state index contributed by atoms with van der Waals surface area (Å²) >= 11 is 0. The van der Waals surface area contributed by atoms with Gasteiger partial charge in [-0.1, -0.05) is 12.1 Å². The van der Waals surface area contributed by atoms with Crippen molar-refractivity contribution in [3.8, 4) is 0 Å². The van der Waals surface area contributed by atoms with Crippen molar-refractivity contribution in [3.63, 3.8) is 0 Å². The molecular weight excluding hydrogens is 228 g/mol. The fourth-order valence-corrected chi connectivity index (χ4v) is 2.12. The molecule has 0 aliphatic rings. The predicted octanol–water partition coefficient (Wildman–Crippen LogP) is 0.370. The van der Waals surface area contributed by atoms with E-state index in [0.717, 1.165) is 5.56 Å². The molecule has 0 saturated carbocycles. The molecule has 90 valence electrons. The summed E-state index contributed by atoms with van der Waals surface area (Å²) in [6, 6.07) is 6.69. The summed E-state index contributed by atoms with van der Waals surface area (Å²) in [5.41, 5.74) is 0.989. The van der Waals surface area contributed by atoms with Crippen molar-refractivity contribution in [1.82, 2.24) is 4.31 Å². The molecule has 0 unspecified atom stereocenters. The van der Waals surface area contributed by atoms with Gasteiger partial charge in [0.15, 0.2) is 0 Å². The van der Waals surface area contributed by atoms with Gasteiger partial charge in [0.25, 0.3) is 0 Å². The van der Waals surface area contributed by atoms with Crippen LogP contribution in [0.15, 0.2) is 29.2 Å². The van der Waals surface area contributed by atoms with Gasteiger partial charge in [0.2, 0.25) is 10.0 Å². The van der Waals surface area contributed by atoms with Crippen LogP contribution in [0.3, 0.4) is 0 Å². The van der Waals surface area contributed by atoms with Gasteiger partial charge in [-0.3, -0.25) is 0 Å². The topological polar surface area (TPSA) is 72.6 Å². The Morgan fingerprint density at radius 1 is 1.25 bits per heavy atom. The van der Waals surface area contributed by atoms with Gasteiger partial charge in [0.05, 0.1) is 11.5 Å². The Kier molecular flexibility index (Phi) is 4.43. The third-order valence-electron chi connectivity index (χ3n) is 2.21. The normalized spacial score (nSPS) is 12.0. The molecular formula is C10H16N2O3S. The molecule has 0 amide bonds. The van der Waals surface area contributed by atoms with Crippen LogP contribution in [-0.4, -0.2) is 33.4 Å². The number of hydrogen-bond acceptors (Lipinski definition) is 4. The first-order chi connectivity index (χ1) is 7.48. The molecule has 0 bridgehead atoms. The van der Waals surface area contributed by atoms with E-state index in [0.29, 0.717) is 13.0 Å². The third-order valence-corrected chi connectivity index (χ3v) is 4.04. The largest absolute Gasteiger partial charge is 0.304 e.